The van der Waals surface area contributed by atoms with Crippen LogP contribution in [0.15, 0.2) is 12.1 Å². The van der Waals surface area contributed by atoms with E-state index >= 15 is 0 Å². The summed E-state index contributed by atoms with van der Waals surface area (Å²) in [5.74, 6) is -1.71. The summed E-state index contributed by atoms with van der Waals surface area (Å²) < 4.78 is 27.8. The summed E-state index contributed by atoms with van der Waals surface area (Å²) in [6.07, 6.45) is 0. The molecule has 1 atom stereocenters. The molecule has 2 aromatic rings. The molecule has 0 saturated heterocycles. The molecule has 0 aliphatic carbocycles. The number of halogens is 2. The van der Waals surface area contributed by atoms with Crippen molar-refractivity contribution in [1.29, 1.82) is 0 Å². The minimum absolute atomic E-state index is 0.0874. The van der Waals surface area contributed by atoms with E-state index < -0.39 is 11.6 Å². The maximum absolute atomic E-state index is 13.1. The highest BCUT2D eigenvalue weighted by atomic mass is 19.2. The van der Waals surface area contributed by atoms with Gasteiger partial charge in [0.15, 0.2) is 11.6 Å². The summed E-state index contributed by atoms with van der Waals surface area (Å²) in [6.45, 7) is 4.08. The lowest BCUT2D eigenvalue weighted by molar-refractivity contribution is 0.508. The number of hydrogen-bond donors (Lipinski definition) is 1. The molecule has 0 radical (unpaired) electrons. The van der Waals surface area contributed by atoms with Crippen molar-refractivity contribution in [3.63, 3.8) is 0 Å². The first-order valence-corrected chi connectivity index (χ1v) is 5.07. The average molecular weight is 225 g/mol. The first kappa shape index (κ1) is 11.0. The van der Waals surface area contributed by atoms with Crippen LogP contribution in [0.25, 0.3) is 10.9 Å². The molecule has 1 heterocycles. The average Bonchev–Trinajstić information content (AvgIpc) is 2.44. The van der Waals surface area contributed by atoms with E-state index in [1.54, 1.807) is 11.6 Å². The van der Waals surface area contributed by atoms with Gasteiger partial charge in [0.1, 0.15) is 0 Å². The summed E-state index contributed by atoms with van der Waals surface area (Å²) in [6, 6.07) is 2.24. The fourth-order valence-electron chi connectivity index (χ4n) is 1.74. The van der Waals surface area contributed by atoms with Gasteiger partial charge >= 0.3 is 0 Å². The molecule has 0 saturated carbocycles. The van der Waals surface area contributed by atoms with Crippen LogP contribution in [0.3, 0.4) is 0 Å². The van der Waals surface area contributed by atoms with E-state index in [4.69, 9.17) is 5.73 Å². The normalized spacial score (nSPS) is 13.3. The Hall–Kier alpha value is -1.49. The largest absolute Gasteiger partial charge is 0.326 e. The molecule has 0 aliphatic heterocycles. The van der Waals surface area contributed by atoms with E-state index in [0.717, 1.165) is 6.07 Å². The minimum Gasteiger partial charge on any atom is -0.326 e. The zero-order valence-corrected chi connectivity index (χ0v) is 9.17. The Morgan fingerprint density at radius 1 is 1.38 bits per heavy atom. The monoisotopic (exact) mass is 225 g/mol. The number of rotatable bonds is 2. The lowest BCUT2D eigenvalue weighted by Crippen LogP contribution is -2.22. The lowest BCUT2D eigenvalue weighted by Gasteiger charge is -2.06. The van der Waals surface area contributed by atoms with Crippen molar-refractivity contribution < 1.29 is 8.78 Å². The number of benzene rings is 1. The third-order valence-corrected chi connectivity index (χ3v) is 2.44. The zero-order chi connectivity index (χ0) is 11.9. The molecule has 5 heteroatoms. The van der Waals surface area contributed by atoms with Crippen molar-refractivity contribution in [3.05, 3.63) is 29.5 Å². The third kappa shape index (κ3) is 1.78. The van der Waals surface area contributed by atoms with Gasteiger partial charge in [-0.25, -0.2) is 8.78 Å². The number of hydrogen-bond acceptors (Lipinski definition) is 2. The van der Waals surface area contributed by atoms with Gasteiger partial charge in [0.2, 0.25) is 0 Å². The molecule has 0 spiro atoms. The molecular weight excluding hydrogens is 212 g/mol. The smallest absolute Gasteiger partial charge is 0.161 e. The van der Waals surface area contributed by atoms with Crippen LogP contribution in [0, 0.1) is 18.6 Å². The van der Waals surface area contributed by atoms with Crippen molar-refractivity contribution in [1.82, 2.24) is 9.78 Å². The van der Waals surface area contributed by atoms with E-state index in [2.05, 4.69) is 5.10 Å². The molecule has 2 N–H and O–H groups in total. The summed E-state index contributed by atoms with van der Waals surface area (Å²) >= 11 is 0. The first-order chi connectivity index (χ1) is 7.49. The number of nitrogens with zero attached hydrogens (tertiary/aromatic N) is 2. The Bertz CT molecular complexity index is 531. The molecule has 1 aromatic heterocycles. The van der Waals surface area contributed by atoms with Crippen molar-refractivity contribution in [3.8, 4) is 0 Å². The summed E-state index contributed by atoms with van der Waals surface area (Å²) in [5, 5.41) is 4.84. The quantitative estimate of drug-likeness (QED) is 0.849. The van der Waals surface area contributed by atoms with Gasteiger partial charge in [-0.15, -0.1) is 0 Å². The molecule has 2 rings (SSSR count). The van der Waals surface area contributed by atoms with Gasteiger partial charge in [0.05, 0.1) is 17.8 Å². The van der Waals surface area contributed by atoms with Crippen molar-refractivity contribution in [2.45, 2.75) is 26.4 Å². The highest BCUT2D eigenvalue weighted by Crippen LogP contribution is 2.21. The lowest BCUT2D eigenvalue weighted by atomic mass is 10.2. The Morgan fingerprint density at radius 3 is 2.62 bits per heavy atom. The van der Waals surface area contributed by atoms with E-state index in [1.807, 2.05) is 6.92 Å². The van der Waals surface area contributed by atoms with Crippen LogP contribution in [0.1, 0.15) is 12.6 Å². The van der Waals surface area contributed by atoms with E-state index in [0.29, 0.717) is 23.1 Å². The fourth-order valence-corrected chi connectivity index (χ4v) is 1.74. The maximum Gasteiger partial charge on any atom is 0.161 e. The molecule has 0 bridgehead atoms. The fraction of sp³-hybridized carbons (Fsp3) is 0.364. The molecule has 86 valence electrons. The van der Waals surface area contributed by atoms with Gasteiger partial charge in [-0.1, -0.05) is 0 Å². The Morgan fingerprint density at radius 2 is 2.00 bits per heavy atom. The van der Waals surface area contributed by atoms with Gasteiger partial charge in [-0.2, -0.15) is 5.10 Å². The van der Waals surface area contributed by atoms with Gasteiger partial charge in [-0.05, 0) is 19.9 Å². The second-order valence-corrected chi connectivity index (χ2v) is 4.03. The standard InChI is InChI=1S/C11H13F2N3/c1-6(14)5-16-11-4-10(13)9(12)3-8(11)7(2)15-16/h3-4,6H,5,14H2,1-2H3. The predicted octanol–water partition coefficient (Wildman–Crippen LogP) is 1.97. The molecule has 0 aliphatic rings. The second-order valence-electron chi connectivity index (χ2n) is 4.03. The van der Waals surface area contributed by atoms with E-state index in [1.165, 1.54) is 6.07 Å². The number of fused-ring (bicyclic) bond motifs is 1. The number of aryl methyl sites for hydroxylation is 1. The van der Waals surface area contributed by atoms with Crippen LogP contribution in [0.2, 0.25) is 0 Å². The molecule has 1 aromatic carbocycles. The van der Waals surface area contributed by atoms with Crippen molar-refractivity contribution >= 4 is 10.9 Å². The molecular formula is C11H13F2N3. The molecule has 0 amide bonds. The van der Waals surface area contributed by atoms with Gasteiger partial charge in [0, 0.05) is 17.5 Å². The SMILES string of the molecule is Cc1nn(CC(C)N)c2cc(F)c(F)cc12. The first-order valence-electron chi connectivity index (χ1n) is 5.07. The van der Waals surface area contributed by atoms with Crippen LogP contribution in [0.4, 0.5) is 8.78 Å². The Kier molecular flexibility index (Phi) is 2.63. The van der Waals surface area contributed by atoms with Gasteiger partial charge in [0.25, 0.3) is 0 Å². The molecule has 3 nitrogen and oxygen atoms in total. The van der Waals surface area contributed by atoms with Gasteiger partial charge < -0.3 is 5.73 Å². The Labute approximate surface area is 91.9 Å². The van der Waals surface area contributed by atoms with Crippen LogP contribution in [-0.4, -0.2) is 15.8 Å². The summed E-state index contributed by atoms with van der Waals surface area (Å²) in [4.78, 5) is 0. The molecule has 0 fully saturated rings. The highest BCUT2D eigenvalue weighted by molar-refractivity contribution is 5.82. The number of aromatic nitrogens is 2. The number of nitrogens with two attached hydrogens (primary N) is 1. The topological polar surface area (TPSA) is 43.8 Å². The van der Waals surface area contributed by atoms with Crippen LogP contribution in [-0.2, 0) is 6.54 Å². The predicted molar refractivity (Wildman–Crippen MR) is 58.0 cm³/mol. The van der Waals surface area contributed by atoms with Crippen LogP contribution >= 0.6 is 0 Å². The van der Waals surface area contributed by atoms with Crippen LogP contribution in [0.5, 0.6) is 0 Å². The summed E-state index contributed by atoms with van der Waals surface area (Å²) in [7, 11) is 0. The second kappa shape index (κ2) is 3.83. The third-order valence-electron chi connectivity index (χ3n) is 2.44. The zero-order valence-electron chi connectivity index (χ0n) is 9.17. The van der Waals surface area contributed by atoms with Crippen LogP contribution < -0.4 is 5.73 Å². The van der Waals surface area contributed by atoms with E-state index in [9.17, 15) is 8.78 Å². The highest BCUT2D eigenvalue weighted by Gasteiger charge is 2.12. The molecule has 1 unspecified atom stereocenters. The molecule has 16 heavy (non-hydrogen) atoms. The summed E-state index contributed by atoms with van der Waals surface area (Å²) in [5.41, 5.74) is 6.92. The minimum atomic E-state index is -0.863. The maximum atomic E-state index is 13.1. The van der Waals surface area contributed by atoms with E-state index in [-0.39, 0.29) is 6.04 Å². The Balaban J connectivity index is 2.64. The van der Waals surface area contributed by atoms with Crippen molar-refractivity contribution in [2.75, 3.05) is 0 Å². The van der Waals surface area contributed by atoms with Gasteiger partial charge in [-0.3, -0.25) is 4.68 Å². The van der Waals surface area contributed by atoms with Crippen molar-refractivity contribution in [2.24, 2.45) is 5.73 Å².